The Morgan fingerprint density at radius 2 is 1.36 bits per heavy atom. The molecule has 1 aliphatic carbocycles. The molecule has 0 saturated heterocycles. The molecule has 6 nitrogen and oxygen atoms in total. The van der Waals surface area contributed by atoms with Crippen LogP contribution in [0.3, 0.4) is 0 Å². The highest BCUT2D eigenvalue weighted by atomic mass is 19.1. The van der Waals surface area contributed by atoms with Gasteiger partial charge in [-0.25, -0.2) is 4.39 Å². The minimum absolute atomic E-state index is 0.0107. The van der Waals surface area contributed by atoms with E-state index in [-0.39, 0.29) is 17.9 Å². The predicted molar refractivity (Wildman–Crippen MR) is 145 cm³/mol. The average Bonchev–Trinajstić information content (AvgIpc) is 2.89. The SMILES string of the molecule is C[C@H](Nc1nc(NC2CCCCC2)nc(N[C@H](C)c2cccc3ccccc23)n1)c1ccc(F)cc1. The van der Waals surface area contributed by atoms with Gasteiger partial charge in [-0.05, 0) is 60.7 Å². The van der Waals surface area contributed by atoms with E-state index < -0.39 is 0 Å². The predicted octanol–water partition coefficient (Wildman–Crippen LogP) is 7.25. The Bertz CT molecular complexity index is 1300. The Labute approximate surface area is 211 Å². The van der Waals surface area contributed by atoms with Gasteiger partial charge in [-0.1, -0.05) is 73.9 Å². The largest absolute Gasteiger partial charge is 0.351 e. The van der Waals surface area contributed by atoms with Gasteiger partial charge in [0.05, 0.1) is 12.1 Å². The minimum Gasteiger partial charge on any atom is -0.351 e. The van der Waals surface area contributed by atoms with Crippen molar-refractivity contribution < 1.29 is 4.39 Å². The second-order valence-corrected chi connectivity index (χ2v) is 9.64. The van der Waals surface area contributed by atoms with Crippen molar-refractivity contribution in [2.45, 2.75) is 64.1 Å². The van der Waals surface area contributed by atoms with Gasteiger partial charge in [-0.3, -0.25) is 0 Å². The molecule has 1 aliphatic rings. The van der Waals surface area contributed by atoms with Gasteiger partial charge in [0.15, 0.2) is 0 Å². The molecule has 2 atom stereocenters. The van der Waals surface area contributed by atoms with E-state index in [4.69, 9.17) is 9.97 Å². The maximum atomic E-state index is 13.4. The zero-order chi connectivity index (χ0) is 24.9. The lowest BCUT2D eigenvalue weighted by Gasteiger charge is -2.24. The third kappa shape index (κ3) is 5.73. The van der Waals surface area contributed by atoms with Crippen molar-refractivity contribution in [1.29, 1.82) is 0 Å². The van der Waals surface area contributed by atoms with Gasteiger partial charge in [0.2, 0.25) is 17.8 Å². The van der Waals surface area contributed by atoms with Crippen molar-refractivity contribution in [1.82, 2.24) is 15.0 Å². The summed E-state index contributed by atoms with van der Waals surface area (Å²) in [5, 5.41) is 12.8. The monoisotopic (exact) mass is 484 g/mol. The number of rotatable bonds is 8. The minimum atomic E-state index is -0.251. The Kier molecular flexibility index (Phi) is 7.26. The molecule has 0 spiro atoms. The van der Waals surface area contributed by atoms with Crippen LogP contribution >= 0.6 is 0 Å². The summed E-state index contributed by atoms with van der Waals surface area (Å²) in [6, 6.07) is 21.5. The standard InChI is InChI=1S/C29H33FN6/c1-19(21-15-17-23(30)18-16-21)31-27-34-28(36-29(35-27)33-24-11-4-3-5-12-24)32-20(2)25-14-8-10-22-9-6-7-13-26(22)25/h6-10,13-20,24H,3-5,11-12H2,1-2H3,(H3,31,32,33,34,35,36)/t19-,20+/m0/s1. The molecule has 36 heavy (non-hydrogen) atoms. The van der Waals surface area contributed by atoms with E-state index in [1.807, 2.05) is 6.92 Å². The van der Waals surface area contributed by atoms with Gasteiger partial charge in [-0.2, -0.15) is 15.0 Å². The summed E-state index contributed by atoms with van der Waals surface area (Å²) in [4.78, 5) is 14.1. The number of halogens is 1. The number of fused-ring (bicyclic) bond motifs is 1. The molecular weight excluding hydrogens is 451 g/mol. The van der Waals surface area contributed by atoms with Crippen molar-refractivity contribution in [2.24, 2.45) is 0 Å². The van der Waals surface area contributed by atoms with Gasteiger partial charge >= 0.3 is 0 Å². The highest BCUT2D eigenvalue weighted by molar-refractivity contribution is 5.86. The van der Waals surface area contributed by atoms with Crippen LogP contribution in [0.2, 0.25) is 0 Å². The van der Waals surface area contributed by atoms with Crippen molar-refractivity contribution in [3.8, 4) is 0 Å². The van der Waals surface area contributed by atoms with E-state index in [1.54, 1.807) is 12.1 Å². The van der Waals surface area contributed by atoms with Crippen LogP contribution in [0.15, 0.2) is 66.7 Å². The Morgan fingerprint density at radius 1 is 0.722 bits per heavy atom. The summed E-state index contributed by atoms with van der Waals surface area (Å²) in [7, 11) is 0. The molecule has 3 aromatic carbocycles. The van der Waals surface area contributed by atoms with Gasteiger partial charge in [0.1, 0.15) is 5.82 Å². The molecule has 1 fully saturated rings. The third-order valence-electron chi connectivity index (χ3n) is 6.92. The number of hydrogen-bond acceptors (Lipinski definition) is 6. The first-order valence-corrected chi connectivity index (χ1v) is 12.8. The lowest BCUT2D eigenvalue weighted by molar-refractivity contribution is 0.461. The molecule has 0 amide bonds. The molecule has 1 aromatic heterocycles. The van der Waals surface area contributed by atoms with Crippen LogP contribution in [-0.2, 0) is 0 Å². The summed E-state index contributed by atoms with van der Waals surface area (Å²) >= 11 is 0. The summed E-state index contributed by atoms with van der Waals surface area (Å²) in [5.74, 6) is 1.31. The van der Waals surface area contributed by atoms with E-state index in [9.17, 15) is 4.39 Å². The Hall–Kier alpha value is -3.74. The van der Waals surface area contributed by atoms with Crippen LogP contribution in [-0.4, -0.2) is 21.0 Å². The first-order valence-electron chi connectivity index (χ1n) is 12.8. The van der Waals surface area contributed by atoms with Crippen LogP contribution in [0.1, 0.15) is 69.2 Å². The third-order valence-corrected chi connectivity index (χ3v) is 6.92. The van der Waals surface area contributed by atoms with Crippen molar-refractivity contribution in [3.63, 3.8) is 0 Å². The molecular formula is C29H33FN6. The fourth-order valence-electron chi connectivity index (χ4n) is 4.93. The molecule has 3 N–H and O–H groups in total. The molecule has 0 bridgehead atoms. The van der Waals surface area contributed by atoms with Crippen LogP contribution in [0.5, 0.6) is 0 Å². The van der Waals surface area contributed by atoms with E-state index in [0.29, 0.717) is 23.9 Å². The second-order valence-electron chi connectivity index (χ2n) is 9.64. The number of hydrogen-bond donors (Lipinski definition) is 3. The van der Waals surface area contributed by atoms with E-state index in [0.717, 1.165) is 18.4 Å². The van der Waals surface area contributed by atoms with Crippen molar-refractivity contribution in [2.75, 3.05) is 16.0 Å². The fraction of sp³-hybridized carbons (Fsp3) is 0.345. The van der Waals surface area contributed by atoms with E-state index >= 15 is 0 Å². The Morgan fingerprint density at radius 3 is 2.11 bits per heavy atom. The first-order chi connectivity index (χ1) is 17.5. The molecule has 1 heterocycles. The highest BCUT2D eigenvalue weighted by Gasteiger charge is 2.18. The molecule has 7 heteroatoms. The molecule has 0 aliphatic heterocycles. The number of nitrogens with zero attached hydrogens (tertiary/aromatic N) is 3. The quantitative estimate of drug-likeness (QED) is 0.244. The topological polar surface area (TPSA) is 74.8 Å². The zero-order valence-corrected chi connectivity index (χ0v) is 20.8. The second kappa shape index (κ2) is 10.9. The van der Waals surface area contributed by atoms with Crippen LogP contribution < -0.4 is 16.0 Å². The molecule has 186 valence electrons. The lowest BCUT2D eigenvalue weighted by atomic mass is 9.96. The van der Waals surface area contributed by atoms with Crippen molar-refractivity contribution >= 4 is 28.6 Å². The van der Waals surface area contributed by atoms with Crippen LogP contribution in [0.4, 0.5) is 22.2 Å². The molecule has 0 radical (unpaired) electrons. The molecule has 4 aromatic rings. The smallest absolute Gasteiger partial charge is 0.229 e. The first kappa shape index (κ1) is 24.0. The average molecular weight is 485 g/mol. The van der Waals surface area contributed by atoms with Gasteiger partial charge in [-0.15, -0.1) is 0 Å². The van der Waals surface area contributed by atoms with Crippen molar-refractivity contribution in [3.05, 3.63) is 83.7 Å². The molecule has 0 unspecified atom stereocenters. The number of aromatic nitrogens is 3. The van der Waals surface area contributed by atoms with E-state index in [1.165, 1.54) is 47.7 Å². The summed E-state index contributed by atoms with van der Waals surface area (Å²) in [5.41, 5.74) is 2.14. The molecule has 1 saturated carbocycles. The fourth-order valence-corrected chi connectivity index (χ4v) is 4.93. The lowest BCUT2D eigenvalue weighted by Crippen LogP contribution is -2.24. The number of benzene rings is 3. The van der Waals surface area contributed by atoms with Crippen LogP contribution in [0, 0.1) is 5.82 Å². The summed E-state index contributed by atoms with van der Waals surface area (Å²) in [6.45, 7) is 4.13. The summed E-state index contributed by atoms with van der Waals surface area (Å²) < 4.78 is 13.4. The Balaban J connectivity index is 1.41. The maximum Gasteiger partial charge on any atom is 0.229 e. The van der Waals surface area contributed by atoms with Gasteiger partial charge in [0.25, 0.3) is 0 Å². The van der Waals surface area contributed by atoms with Crippen LogP contribution in [0.25, 0.3) is 10.8 Å². The number of anilines is 3. The number of nitrogens with one attached hydrogen (secondary N) is 3. The molecule has 5 rings (SSSR count). The normalized spacial score (nSPS) is 15.9. The van der Waals surface area contributed by atoms with Gasteiger partial charge < -0.3 is 16.0 Å². The van der Waals surface area contributed by atoms with E-state index in [2.05, 4.69) is 70.3 Å². The zero-order valence-electron chi connectivity index (χ0n) is 20.8. The highest BCUT2D eigenvalue weighted by Crippen LogP contribution is 2.28. The summed E-state index contributed by atoms with van der Waals surface area (Å²) in [6.07, 6.45) is 5.97. The van der Waals surface area contributed by atoms with Gasteiger partial charge in [0, 0.05) is 6.04 Å². The maximum absolute atomic E-state index is 13.4.